The minimum absolute atomic E-state index is 0.000298. The van der Waals surface area contributed by atoms with E-state index in [1.54, 1.807) is 7.05 Å². The molecular formula is C16H22N2O3. The van der Waals surface area contributed by atoms with Crippen LogP contribution in [0.2, 0.25) is 0 Å². The van der Waals surface area contributed by atoms with Crippen LogP contribution in [0.3, 0.4) is 0 Å². The SMILES string of the molecule is Cc1ccc2c(c1)C(NC(=O)N(C)CCC(=O)O)C(C)C2. The van der Waals surface area contributed by atoms with Crippen LogP contribution in [0.15, 0.2) is 18.2 Å². The molecule has 0 aromatic heterocycles. The quantitative estimate of drug-likeness (QED) is 0.894. The van der Waals surface area contributed by atoms with E-state index in [-0.39, 0.29) is 25.0 Å². The third-order valence-electron chi connectivity index (χ3n) is 4.03. The number of hydrogen-bond acceptors (Lipinski definition) is 2. The second kappa shape index (κ2) is 6.16. The molecule has 1 aromatic rings. The van der Waals surface area contributed by atoms with Crippen LogP contribution in [0.5, 0.6) is 0 Å². The highest BCUT2D eigenvalue weighted by Crippen LogP contribution is 2.36. The number of carbonyl (C=O) groups is 2. The fourth-order valence-corrected chi connectivity index (χ4v) is 2.79. The van der Waals surface area contributed by atoms with Gasteiger partial charge in [-0.3, -0.25) is 4.79 Å². The Bertz CT molecular complexity index is 556. The second-order valence-electron chi connectivity index (χ2n) is 5.88. The molecule has 0 aliphatic heterocycles. The summed E-state index contributed by atoms with van der Waals surface area (Å²) in [7, 11) is 1.62. The summed E-state index contributed by atoms with van der Waals surface area (Å²) in [4.78, 5) is 24.2. The Morgan fingerprint density at radius 2 is 2.14 bits per heavy atom. The van der Waals surface area contributed by atoms with E-state index >= 15 is 0 Å². The number of rotatable bonds is 4. The average molecular weight is 290 g/mol. The number of urea groups is 1. The summed E-state index contributed by atoms with van der Waals surface area (Å²) < 4.78 is 0. The first-order valence-electron chi connectivity index (χ1n) is 7.21. The first-order valence-corrected chi connectivity index (χ1v) is 7.21. The Balaban J connectivity index is 2.04. The van der Waals surface area contributed by atoms with Gasteiger partial charge in [0.1, 0.15) is 0 Å². The fourth-order valence-electron chi connectivity index (χ4n) is 2.79. The third kappa shape index (κ3) is 3.54. The lowest BCUT2D eigenvalue weighted by molar-refractivity contribution is -0.137. The van der Waals surface area contributed by atoms with Crippen LogP contribution in [0.1, 0.15) is 36.1 Å². The first kappa shape index (κ1) is 15.4. The predicted molar refractivity (Wildman–Crippen MR) is 80.2 cm³/mol. The second-order valence-corrected chi connectivity index (χ2v) is 5.88. The highest BCUT2D eigenvalue weighted by Gasteiger charge is 2.31. The van der Waals surface area contributed by atoms with Crippen molar-refractivity contribution in [3.8, 4) is 0 Å². The number of carboxylic acids is 1. The van der Waals surface area contributed by atoms with E-state index in [9.17, 15) is 9.59 Å². The number of amides is 2. The highest BCUT2D eigenvalue weighted by atomic mass is 16.4. The number of nitrogens with one attached hydrogen (secondary N) is 1. The van der Waals surface area contributed by atoms with E-state index in [1.807, 2.05) is 6.92 Å². The Morgan fingerprint density at radius 3 is 2.81 bits per heavy atom. The molecule has 21 heavy (non-hydrogen) atoms. The van der Waals surface area contributed by atoms with Crippen molar-refractivity contribution < 1.29 is 14.7 Å². The molecule has 5 heteroatoms. The van der Waals surface area contributed by atoms with Gasteiger partial charge >= 0.3 is 12.0 Å². The molecule has 1 aromatic carbocycles. The molecule has 2 amide bonds. The van der Waals surface area contributed by atoms with Crippen molar-refractivity contribution in [3.63, 3.8) is 0 Å². The van der Waals surface area contributed by atoms with Crippen LogP contribution in [0, 0.1) is 12.8 Å². The normalized spacial score (nSPS) is 20.0. The van der Waals surface area contributed by atoms with Crippen molar-refractivity contribution >= 4 is 12.0 Å². The summed E-state index contributed by atoms with van der Waals surface area (Å²) in [5.41, 5.74) is 3.65. The monoisotopic (exact) mass is 290 g/mol. The summed E-state index contributed by atoms with van der Waals surface area (Å²) in [5.74, 6) is -0.552. The molecule has 1 aliphatic carbocycles. The molecule has 5 nitrogen and oxygen atoms in total. The van der Waals surface area contributed by atoms with Crippen LogP contribution >= 0.6 is 0 Å². The van der Waals surface area contributed by atoms with Crippen LogP contribution < -0.4 is 5.32 Å². The van der Waals surface area contributed by atoms with Crippen molar-refractivity contribution in [3.05, 3.63) is 34.9 Å². The number of benzene rings is 1. The lowest BCUT2D eigenvalue weighted by Crippen LogP contribution is -2.41. The number of carboxylic acid groups (broad SMARTS) is 1. The molecule has 0 bridgehead atoms. The number of aryl methyl sites for hydroxylation is 1. The summed E-state index contributed by atoms with van der Waals surface area (Å²) in [6.07, 6.45) is 0.916. The first-order chi connectivity index (χ1) is 9.88. The molecule has 0 saturated carbocycles. The largest absolute Gasteiger partial charge is 0.481 e. The maximum Gasteiger partial charge on any atom is 0.317 e. The summed E-state index contributed by atoms with van der Waals surface area (Å²) >= 11 is 0. The standard InChI is InChI=1S/C16H22N2O3/c1-10-4-5-12-9-11(2)15(13(12)8-10)17-16(21)18(3)7-6-14(19)20/h4-5,8,11,15H,6-7,9H2,1-3H3,(H,17,21)(H,19,20). The van der Waals surface area contributed by atoms with E-state index in [1.165, 1.54) is 21.6 Å². The van der Waals surface area contributed by atoms with Gasteiger partial charge < -0.3 is 15.3 Å². The number of aliphatic carboxylic acids is 1. The zero-order valence-corrected chi connectivity index (χ0v) is 12.7. The smallest absolute Gasteiger partial charge is 0.317 e. The molecule has 2 unspecified atom stereocenters. The lowest BCUT2D eigenvalue weighted by Gasteiger charge is -2.23. The number of carbonyl (C=O) groups excluding carboxylic acids is 1. The van der Waals surface area contributed by atoms with Gasteiger partial charge in [-0.05, 0) is 30.4 Å². The molecule has 0 saturated heterocycles. The molecule has 0 heterocycles. The summed E-state index contributed by atoms with van der Waals surface area (Å²) in [5, 5.41) is 11.7. The minimum atomic E-state index is -0.898. The van der Waals surface area contributed by atoms with Crippen LogP contribution in [-0.4, -0.2) is 35.6 Å². The van der Waals surface area contributed by atoms with E-state index in [4.69, 9.17) is 5.11 Å². The maximum atomic E-state index is 12.2. The van der Waals surface area contributed by atoms with Crippen molar-refractivity contribution in [2.45, 2.75) is 32.7 Å². The zero-order chi connectivity index (χ0) is 15.6. The lowest BCUT2D eigenvalue weighted by atomic mass is 10.0. The highest BCUT2D eigenvalue weighted by molar-refractivity contribution is 5.75. The van der Waals surface area contributed by atoms with Gasteiger partial charge in [0.15, 0.2) is 0 Å². The van der Waals surface area contributed by atoms with Gasteiger partial charge in [-0.15, -0.1) is 0 Å². The minimum Gasteiger partial charge on any atom is -0.481 e. The Morgan fingerprint density at radius 1 is 1.43 bits per heavy atom. The van der Waals surface area contributed by atoms with Gasteiger partial charge in [0, 0.05) is 13.6 Å². The molecule has 114 valence electrons. The molecule has 2 rings (SSSR count). The average Bonchev–Trinajstić information content (AvgIpc) is 2.72. The molecule has 1 aliphatic rings. The molecule has 0 spiro atoms. The van der Waals surface area contributed by atoms with E-state index in [0.717, 1.165) is 6.42 Å². The zero-order valence-electron chi connectivity index (χ0n) is 12.7. The Hall–Kier alpha value is -2.04. The van der Waals surface area contributed by atoms with Gasteiger partial charge in [-0.2, -0.15) is 0 Å². The van der Waals surface area contributed by atoms with Crippen molar-refractivity contribution in [1.82, 2.24) is 10.2 Å². The summed E-state index contributed by atoms with van der Waals surface area (Å²) in [6.45, 7) is 4.38. The van der Waals surface area contributed by atoms with Gasteiger partial charge in [-0.1, -0.05) is 30.7 Å². The summed E-state index contributed by atoms with van der Waals surface area (Å²) in [6, 6.07) is 6.12. The van der Waals surface area contributed by atoms with Crippen molar-refractivity contribution in [1.29, 1.82) is 0 Å². The van der Waals surface area contributed by atoms with Crippen molar-refractivity contribution in [2.24, 2.45) is 5.92 Å². The number of fused-ring (bicyclic) bond motifs is 1. The van der Waals surface area contributed by atoms with E-state index in [0.29, 0.717) is 5.92 Å². The van der Waals surface area contributed by atoms with Crippen LogP contribution in [0.25, 0.3) is 0 Å². The molecule has 0 fully saturated rings. The number of nitrogens with zero attached hydrogens (tertiary/aromatic N) is 1. The molecular weight excluding hydrogens is 268 g/mol. The van der Waals surface area contributed by atoms with Crippen LogP contribution in [-0.2, 0) is 11.2 Å². The van der Waals surface area contributed by atoms with Gasteiger partial charge in [-0.25, -0.2) is 4.79 Å². The Kier molecular flexibility index (Phi) is 4.50. The maximum absolute atomic E-state index is 12.2. The Labute approximate surface area is 125 Å². The molecule has 2 N–H and O–H groups in total. The predicted octanol–water partition coefficient (Wildman–Crippen LogP) is 2.34. The van der Waals surface area contributed by atoms with Crippen molar-refractivity contribution in [2.75, 3.05) is 13.6 Å². The van der Waals surface area contributed by atoms with Crippen LogP contribution in [0.4, 0.5) is 4.79 Å². The molecule has 2 atom stereocenters. The van der Waals surface area contributed by atoms with E-state index < -0.39 is 5.97 Å². The van der Waals surface area contributed by atoms with E-state index in [2.05, 4.69) is 30.4 Å². The molecule has 0 radical (unpaired) electrons. The fraction of sp³-hybridized carbons (Fsp3) is 0.500. The van der Waals surface area contributed by atoms with Gasteiger partial charge in [0.05, 0.1) is 12.5 Å². The van der Waals surface area contributed by atoms with Gasteiger partial charge in [0.25, 0.3) is 0 Å². The van der Waals surface area contributed by atoms with Gasteiger partial charge in [0.2, 0.25) is 0 Å². The third-order valence-corrected chi connectivity index (χ3v) is 4.03. The topological polar surface area (TPSA) is 69.6 Å². The number of hydrogen-bond donors (Lipinski definition) is 2.